The molecule has 3 aromatic rings. The van der Waals surface area contributed by atoms with Crippen LogP contribution in [0.5, 0.6) is 5.75 Å². The molecule has 0 atom stereocenters. The van der Waals surface area contributed by atoms with E-state index in [1.54, 1.807) is 0 Å². The fourth-order valence-electron chi connectivity index (χ4n) is 3.41. The highest BCUT2D eigenvalue weighted by molar-refractivity contribution is 8.00. The summed E-state index contributed by atoms with van der Waals surface area (Å²) in [7, 11) is 0. The van der Waals surface area contributed by atoms with E-state index in [1.807, 2.05) is 54.3 Å². The van der Waals surface area contributed by atoms with E-state index >= 15 is 0 Å². The lowest BCUT2D eigenvalue weighted by atomic mass is 10.3. The van der Waals surface area contributed by atoms with Crippen molar-refractivity contribution < 1.29 is 14.3 Å². The third-order valence-electron chi connectivity index (χ3n) is 5.11. The van der Waals surface area contributed by atoms with Gasteiger partial charge in [-0.3, -0.25) is 14.6 Å². The highest BCUT2D eigenvalue weighted by atomic mass is 35.5. The summed E-state index contributed by atoms with van der Waals surface area (Å²) in [6.45, 7) is 7.22. The summed E-state index contributed by atoms with van der Waals surface area (Å²) in [5, 5.41) is 1.41. The lowest BCUT2D eigenvalue weighted by Crippen LogP contribution is -2.43. The predicted octanol–water partition coefficient (Wildman–Crippen LogP) is 4.81. The molecule has 1 aliphatic heterocycles. The van der Waals surface area contributed by atoms with Gasteiger partial charge >= 0.3 is 0 Å². The zero-order valence-electron chi connectivity index (χ0n) is 18.0. The van der Waals surface area contributed by atoms with Crippen molar-refractivity contribution in [2.45, 2.75) is 11.8 Å². The number of aromatic nitrogens is 1. The number of ether oxygens (including phenoxy) is 2. The maximum absolute atomic E-state index is 13.3. The fraction of sp³-hybridized carbons (Fsp3) is 0.391. The quantitative estimate of drug-likeness (QED) is 0.400. The maximum Gasteiger partial charge on any atom is 0.239 e. The number of thiazole rings is 1. The number of carbonyl (C=O) groups is 1. The van der Waals surface area contributed by atoms with Crippen molar-refractivity contribution in [3.05, 3.63) is 47.5 Å². The second-order valence-electron chi connectivity index (χ2n) is 7.30. The van der Waals surface area contributed by atoms with Gasteiger partial charge in [0, 0.05) is 36.1 Å². The lowest BCUT2D eigenvalue weighted by molar-refractivity contribution is -0.116. The molecule has 0 unspecified atom stereocenters. The maximum atomic E-state index is 13.3. The van der Waals surface area contributed by atoms with E-state index in [9.17, 15) is 4.79 Å². The minimum absolute atomic E-state index is 0.0438. The van der Waals surface area contributed by atoms with Crippen LogP contribution in [0.25, 0.3) is 10.2 Å². The molecule has 32 heavy (non-hydrogen) atoms. The van der Waals surface area contributed by atoms with Gasteiger partial charge in [0.05, 0.1) is 35.8 Å². The lowest BCUT2D eigenvalue weighted by Gasteiger charge is -2.29. The SMILES string of the molecule is CCOc1ccc2nc(N(CCN3CCOCC3)C(=O)CSc3ccc(Cl)cc3)sc2c1. The van der Waals surface area contributed by atoms with Gasteiger partial charge in [-0.25, -0.2) is 4.98 Å². The van der Waals surface area contributed by atoms with Crippen molar-refractivity contribution in [1.29, 1.82) is 0 Å². The van der Waals surface area contributed by atoms with Crippen LogP contribution in [0.4, 0.5) is 5.13 Å². The van der Waals surface area contributed by atoms with Crippen LogP contribution < -0.4 is 9.64 Å². The van der Waals surface area contributed by atoms with Gasteiger partial charge in [-0.1, -0.05) is 22.9 Å². The minimum Gasteiger partial charge on any atom is -0.494 e. The van der Waals surface area contributed by atoms with Crippen molar-refractivity contribution in [3.63, 3.8) is 0 Å². The first-order valence-electron chi connectivity index (χ1n) is 10.6. The number of rotatable bonds is 9. The third-order valence-corrected chi connectivity index (χ3v) is 7.40. The van der Waals surface area contributed by atoms with Crippen molar-refractivity contribution >= 4 is 56.0 Å². The number of hydrogen-bond acceptors (Lipinski definition) is 7. The van der Waals surface area contributed by atoms with Crippen molar-refractivity contribution in [2.75, 3.05) is 56.7 Å². The van der Waals surface area contributed by atoms with Crippen molar-refractivity contribution in [1.82, 2.24) is 9.88 Å². The topological polar surface area (TPSA) is 54.9 Å². The molecule has 1 amide bonds. The Bertz CT molecular complexity index is 1040. The summed E-state index contributed by atoms with van der Waals surface area (Å²) >= 11 is 9.01. The van der Waals surface area contributed by atoms with Gasteiger partial charge in [0.25, 0.3) is 0 Å². The van der Waals surface area contributed by atoms with Crippen LogP contribution >= 0.6 is 34.7 Å². The molecule has 9 heteroatoms. The summed E-state index contributed by atoms with van der Waals surface area (Å²) in [6, 6.07) is 13.4. The van der Waals surface area contributed by atoms with E-state index in [2.05, 4.69) is 4.90 Å². The zero-order valence-corrected chi connectivity index (χ0v) is 20.3. The van der Waals surface area contributed by atoms with Gasteiger partial charge in [-0.15, -0.1) is 11.8 Å². The largest absolute Gasteiger partial charge is 0.494 e. The molecule has 0 bridgehead atoms. The highest BCUT2D eigenvalue weighted by Crippen LogP contribution is 2.32. The highest BCUT2D eigenvalue weighted by Gasteiger charge is 2.22. The molecule has 1 aromatic heterocycles. The number of anilines is 1. The molecule has 2 aromatic carbocycles. The van der Waals surface area contributed by atoms with Crippen LogP contribution in [0.1, 0.15) is 6.92 Å². The number of halogens is 1. The van der Waals surface area contributed by atoms with Gasteiger partial charge in [-0.2, -0.15) is 0 Å². The van der Waals surface area contributed by atoms with Crippen LogP contribution in [0.3, 0.4) is 0 Å². The molecule has 0 spiro atoms. The van der Waals surface area contributed by atoms with Crippen LogP contribution in [-0.4, -0.2) is 67.5 Å². The second kappa shape index (κ2) is 11.3. The Balaban J connectivity index is 1.51. The molecule has 1 saturated heterocycles. The van der Waals surface area contributed by atoms with Gasteiger partial charge in [-0.05, 0) is 49.4 Å². The normalized spacial score (nSPS) is 14.6. The number of benzene rings is 2. The Morgan fingerprint density at radius 3 is 2.78 bits per heavy atom. The van der Waals surface area contributed by atoms with Crippen LogP contribution in [-0.2, 0) is 9.53 Å². The molecule has 6 nitrogen and oxygen atoms in total. The standard InChI is InChI=1S/C23H26ClN3O3S2/c1-2-30-18-5-8-20-21(15-18)32-23(25-20)27(10-9-26-11-13-29-14-12-26)22(28)16-31-19-6-3-17(24)4-7-19/h3-8,15H,2,9-14,16H2,1H3. The van der Waals surface area contributed by atoms with Gasteiger partial charge in [0.2, 0.25) is 5.91 Å². The number of morpholine rings is 1. The smallest absolute Gasteiger partial charge is 0.239 e. The number of thioether (sulfide) groups is 1. The molecular weight excluding hydrogens is 466 g/mol. The van der Waals surface area contributed by atoms with E-state index < -0.39 is 0 Å². The summed E-state index contributed by atoms with van der Waals surface area (Å²) in [6.07, 6.45) is 0. The van der Waals surface area contributed by atoms with Crippen LogP contribution in [0.15, 0.2) is 47.4 Å². The summed E-state index contributed by atoms with van der Waals surface area (Å²) in [5.74, 6) is 1.20. The molecule has 170 valence electrons. The minimum atomic E-state index is 0.0438. The Hall–Kier alpha value is -1.84. The first-order valence-corrected chi connectivity index (χ1v) is 12.8. The third kappa shape index (κ3) is 6.14. The molecule has 1 fully saturated rings. The zero-order chi connectivity index (χ0) is 22.3. The molecule has 0 aliphatic carbocycles. The Kier molecular flexibility index (Phi) is 8.26. The van der Waals surface area contributed by atoms with Crippen molar-refractivity contribution in [2.24, 2.45) is 0 Å². The Labute approximate surface area is 201 Å². The molecule has 1 aliphatic rings. The number of amides is 1. The fourth-order valence-corrected chi connectivity index (χ4v) is 5.35. The molecule has 4 rings (SSSR count). The molecule has 2 heterocycles. The van der Waals surface area contributed by atoms with Gasteiger partial charge in [0.15, 0.2) is 5.13 Å². The first kappa shape index (κ1) is 23.3. The second-order valence-corrected chi connectivity index (χ2v) is 9.80. The van der Waals surface area contributed by atoms with E-state index in [0.717, 1.165) is 58.8 Å². The molecule has 0 N–H and O–H groups in total. The van der Waals surface area contributed by atoms with E-state index in [4.69, 9.17) is 26.1 Å². The van der Waals surface area contributed by atoms with E-state index in [-0.39, 0.29) is 5.91 Å². The van der Waals surface area contributed by atoms with Gasteiger partial charge in [0.1, 0.15) is 5.75 Å². The van der Waals surface area contributed by atoms with Crippen LogP contribution in [0.2, 0.25) is 5.02 Å². The van der Waals surface area contributed by atoms with Crippen LogP contribution in [0, 0.1) is 0 Å². The number of carbonyl (C=O) groups excluding carboxylic acids is 1. The van der Waals surface area contributed by atoms with E-state index in [0.29, 0.717) is 23.9 Å². The molecule has 0 radical (unpaired) electrons. The number of hydrogen-bond donors (Lipinski definition) is 0. The molecule has 0 saturated carbocycles. The summed E-state index contributed by atoms with van der Waals surface area (Å²) in [4.78, 5) is 23.2. The average molecular weight is 492 g/mol. The summed E-state index contributed by atoms with van der Waals surface area (Å²) in [5.41, 5.74) is 0.878. The first-order chi connectivity index (χ1) is 15.6. The van der Waals surface area contributed by atoms with Crippen molar-refractivity contribution in [3.8, 4) is 5.75 Å². The van der Waals surface area contributed by atoms with E-state index in [1.165, 1.54) is 23.1 Å². The predicted molar refractivity (Wildman–Crippen MR) is 133 cm³/mol. The monoisotopic (exact) mass is 491 g/mol. The number of nitrogens with zero attached hydrogens (tertiary/aromatic N) is 3. The molecular formula is C23H26ClN3O3S2. The summed E-state index contributed by atoms with van der Waals surface area (Å²) < 4.78 is 12.1. The van der Waals surface area contributed by atoms with Gasteiger partial charge < -0.3 is 9.47 Å². The Morgan fingerprint density at radius 2 is 2.03 bits per heavy atom. The Morgan fingerprint density at radius 1 is 1.25 bits per heavy atom. The number of fused-ring (bicyclic) bond motifs is 1. The average Bonchev–Trinajstić information content (AvgIpc) is 3.23.